The number of aryl methyl sites for hydroxylation is 1. The normalized spacial score (nSPS) is 11.0. The molecule has 0 aliphatic heterocycles. The first-order valence-electron chi connectivity index (χ1n) is 7.28. The Kier molecular flexibility index (Phi) is 5.08. The minimum Gasteiger partial charge on any atom is -0.492 e. The molecule has 5 nitrogen and oxygen atoms in total. The summed E-state index contributed by atoms with van der Waals surface area (Å²) in [5, 5.41) is 1.25. The van der Waals surface area contributed by atoms with Crippen LogP contribution in [0, 0.1) is 6.92 Å². The summed E-state index contributed by atoms with van der Waals surface area (Å²) in [5.41, 5.74) is 0.364. The number of fused-ring (bicyclic) bond motifs is 1. The van der Waals surface area contributed by atoms with E-state index < -0.39 is 11.4 Å². The average Bonchev–Trinajstić information content (AvgIpc) is 2.54. The van der Waals surface area contributed by atoms with Crippen LogP contribution in [-0.4, -0.2) is 11.2 Å². The lowest BCUT2D eigenvalue weighted by Gasteiger charge is -2.12. The molecule has 0 N–H and O–H groups in total. The minimum atomic E-state index is -0.808. The second kappa shape index (κ2) is 7.12. The fourth-order valence-corrected chi connectivity index (χ4v) is 3.15. The standard InChI is InChI=1S/C17H12Cl3NO4/c1-9-6-11(2-3-13(9)19)24-5-4-21-15-12(16(22)25-17(21)23)7-10(18)8-14(15)20/h2-3,6-8H,4-5H2,1H3. The summed E-state index contributed by atoms with van der Waals surface area (Å²) in [4.78, 5) is 23.9. The summed E-state index contributed by atoms with van der Waals surface area (Å²) < 4.78 is 11.6. The van der Waals surface area contributed by atoms with Crippen molar-refractivity contribution in [3.05, 3.63) is 71.9 Å². The monoisotopic (exact) mass is 399 g/mol. The van der Waals surface area contributed by atoms with Crippen LogP contribution >= 0.6 is 34.8 Å². The maximum absolute atomic E-state index is 12.1. The lowest BCUT2D eigenvalue weighted by molar-refractivity contribution is 0.287. The van der Waals surface area contributed by atoms with Gasteiger partial charge in [0.1, 0.15) is 12.4 Å². The van der Waals surface area contributed by atoms with Gasteiger partial charge in [0.15, 0.2) is 0 Å². The number of hydrogen-bond donors (Lipinski definition) is 0. The maximum Gasteiger partial charge on any atom is 0.422 e. The highest BCUT2D eigenvalue weighted by molar-refractivity contribution is 6.38. The van der Waals surface area contributed by atoms with Crippen LogP contribution in [-0.2, 0) is 6.54 Å². The van der Waals surface area contributed by atoms with Crippen molar-refractivity contribution < 1.29 is 9.15 Å². The van der Waals surface area contributed by atoms with Crippen LogP contribution < -0.4 is 16.1 Å². The van der Waals surface area contributed by atoms with Crippen LogP contribution in [0.1, 0.15) is 5.56 Å². The fraction of sp³-hybridized carbons (Fsp3) is 0.176. The Hall–Kier alpha value is -1.95. The molecular formula is C17H12Cl3NO4. The van der Waals surface area contributed by atoms with Gasteiger partial charge in [0.05, 0.1) is 22.5 Å². The number of benzene rings is 2. The third-order valence-electron chi connectivity index (χ3n) is 3.63. The minimum absolute atomic E-state index is 0.138. The van der Waals surface area contributed by atoms with Gasteiger partial charge in [-0.05, 0) is 42.8 Å². The van der Waals surface area contributed by atoms with E-state index in [2.05, 4.69) is 0 Å². The lowest BCUT2D eigenvalue weighted by atomic mass is 10.2. The predicted molar refractivity (Wildman–Crippen MR) is 98.4 cm³/mol. The third-order valence-corrected chi connectivity index (χ3v) is 4.56. The Balaban J connectivity index is 1.92. The van der Waals surface area contributed by atoms with Crippen molar-refractivity contribution >= 4 is 45.7 Å². The van der Waals surface area contributed by atoms with Crippen molar-refractivity contribution in [2.45, 2.75) is 13.5 Å². The molecule has 0 radical (unpaired) electrons. The number of halogens is 3. The molecule has 25 heavy (non-hydrogen) atoms. The van der Waals surface area contributed by atoms with Gasteiger partial charge < -0.3 is 9.15 Å². The number of hydrogen-bond acceptors (Lipinski definition) is 4. The first-order valence-corrected chi connectivity index (χ1v) is 8.42. The van der Waals surface area contributed by atoms with E-state index in [0.717, 1.165) is 5.56 Å². The van der Waals surface area contributed by atoms with E-state index in [4.69, 9.17) is 44.0 Å². The van der Waals surface area contributed by atoms with Crippen LogP contribution in [0.2, 0.25) is 15.1 Å². The zero-order chi connectivity index (χ0) is 18.1. The van der Waals surface area contributed by atoms with Gasteiger partial charge in [-0.1, -0.05) is 34.8 Å². The maximum atomic E-state index is 12.1. The molecule has 3 aromatic rings. The van der Waals surface area contributed by atoms with Crippen molar-refractivity contribution in [1.29, 1.82) is 0 Å². The summed E-state index contributed by atoms with van der Waals surface area (Å²) in [6, 6.07) is 8.13. The molecule has 8 heteroatoms. The lowest BCUT2D eigenvalue weighted by Crippen LogP contribution is -2.27. The Morgan fingerprint density at radius 2 is 1.84 bits per heavy atom. The largest absolute Gasteiger partial charge is 0.492 e. The zero-order valence-electron chi connectivity index (χ0n) is 13.0. The molecule has 0 unspecified atom stereocenters. The summed E-state index contributed by atoms with van der Waals surface area (Å²) in [6.07, 6.45) is 0. The number of nitrogens with zero attached hydrogens (tertiary/aromatic N) is 1. The van der Waals surface area contributed by atoms with E-state index >= 15 is 0 Å². The van der Waals surface area contributed by atoms with Crippen molar-refractivity contribution in [2.24, 2.45) is 0 Å². The average molecular weight is 401 g/mol. The smallest absolute Gasteiger partial charge is 0.422 e. The highest BCUT2D eigenvalue weighted by Crippen LogP contribution is 2.25. The molecule has 0 saturated carbocycles. The molecule has 2 aromatic carbocycles. The van der Waals surface area contributed by atoms with Gasteiger partial charge >= 0.3 is 11.4 Å². The van der Waals surface area contributed by atoms with Crippen molar-refractivity contribution in [3.63, 3.8) is 0 Å². The van der Waals surface area contributed by atoms with Gasteiger partial charge in [-0.3, -0.25) is 4.57 Å². The molecule has 3 rings (SSSR count). The van der Waals surface area contributed by atoms with E-state index in [0.29, 0.717) is 10.8 Å². The summed E-state index contributed by atoms with van der Waals surface area (Å²) in [7, 11) is 0. The number of aromatic nitrogens is 1. The topological polar surface area (TPSA) is 61.4 Å². The first-order chi connectivity index (χ1) is 11.9. The van der Waals surface area contributed by atoms with Crippen LogP contribution in [0.4, 0.5) is 0 Å². The summed E-state index contributed by atoms with van der Waals surface area (Å²) in [6.45, 7) is 2.17. The Bertz CT molecular complexity index is 1070. The predicted octanol–water partition coefficient (Wildman–Crippen LogP) is 4.30. The zero-order valence-corrected chi connectivity index (χ0v) is 15.3. The van der Waals surface area contributed by atoms with Crippen molar-refractivity contribution in [1.82, 2.24) is 4.57 Å². The molecule has 0 spiro atoms. The summed E-state index contributed by atoms with van der Waals surface area (Å²) >= 11 is 18.1. The Morgan fingerprint density at radius 1 is 1.08 bits per heavy atom. The van der Waals surface area contributed by atoms with Gasteiger partial charge in [0, 0.05) is 10.0 Å². The molecule has 0 saturated heterocycles. The number of ether oxygens (including phenoxy) is 1. The summed E-state index contributed by atoms with van der Waals surface area (Å²) in [5.74, 6) is -0.191. The molecule has 1 heterocycles. The number of rotatable bonds is 4. The Labute approximate surface area is 157 Å². The second-order valence-electron chi connectivity index (χ2n) is 5.35. The van der Waals surface area contributed by atoms with Gasteiger partial charge in [0.25, 0.3) is 0 Å². The van der Waals surface area contributed by atoms with E-state index in [-0.39, 0.29) is 34.1 Å². The molecule has 0 aliphatic rings. The van der Waals surface area contributed by atoms with E-state index in [9.17, 15) is 9.59 Å². The molecule has 130 valence electrons. The quantitative estimate of drug-likeness (QED) is 0.655. The van der Waals surface area contributed by atoms with E-state index in [1.165, 1.54) is 16.7 Å². The van der Waals surface area contributed by atoms with Crippen molar-refractivity contribution in [2.75, 3.05) is 6.61 Å². The van der Waals surface area contributed by atoms with Gasteiger partial charge in [-0.25, -0.2) is 9.59 Å². The second-order valence-corrected chi connectivity index (χ2v) is 6.60. The van der Waals surface area contributed by atoms with Crippen LogP contribution in [0.25, 0.3) is 10.9 Å². The highest BCUT2D eigenvalue weighted by atomic mass is 35.5. The molecular weight excluding hydrogens is 389 g/mol. The third kappa shape index (κ3) is 3.68. The molecule has 1 aromatic heterocycles. The molecule has 0 atom stereocenters. The molecule has 0 aliphatic carbocycles. The van der Waals surface area contributed by atoms with Crippen LogP contribution in [0.5, 0.6) is 5.75 Å². The van der Waals surface area contributed by atoms with Crippen molar-refractivity contribution in [3.8, 4) is 5.75 Å². The van der Waals surface area contributed by atoms with Crippen LogP contribution in [0.3, 0.4) is 0 Å². The molecule has 0 fully saturated rings. The van der Waals surface area contributed by atoms with Gasteiger partial charge in [0.2, 0.25) is 0 Å². The fourth-order valence-electron chi connectivity index (χ4n) is 2.44. The first kappa shape index (κ1) is 17.9. The van der Waals surface area contributed by atoms with E-state index in [1.54, 1.807) is 18.2 Å². The van der Waals surface area contributed by atoms with Crippen LogP contribution in [0.15, 0.2) is 44.3 Å². The SMILES string of the molecule is Cc1cc(OCCn2c(=O)oc(=O)c3cc(Cl)cc(Cl)c32)ccc1Cl. The van der Waals surface area contributed by atoms with Gasteiger partial charge in [-0.2, -0.15) is 0 Å². The van der Waals surface area contributed by atoms with E-state index in [1.807, 2.05) is 6.92 Å². The highest BCUT2D eigenvalue weighted by Gasteiger charge is 2.14. The van der Waals surface area contributed by atoms with Gasteiger partial charge in [-0.15, -0.1) is 0 Å². The Morgan fingerprint density at radius 3 is 2.56 bits per heavy atom. The molecule has 0 bridgehead atoms. The molecule has 0 amide bonds.